The van der Waals surface area contributed by atoms with Crippen LogP contribution in [0, 0.1) is 12.7 Å². The van der Waals surface area contributed by atoms with Crippen LogP contribution in [-0.2, 0) is 16.6 Å². The Labute approximate surface area is 135 Å². The second-order valence-corrected chi connectivity index (χ2v) is 7.36. The van der Waals surface area contributed by atoms with Gasteiger partial charge in [-0.25, -0.2) is 22.5 Å². The molecular weight excluding hydrogens is 383 g/mol. The number of sulfonamides is 1. The highest BCUT2D eigenvalue weighted by Crippen LogP contribution is 2.22. The first-order chi connectivity index (χ1) is 9.79. The van der Waals surface area contributed by atoms with E-state index >= 15 is 0 Å². The van der Waals surface area contributed by atoms with Gasteiger partial charge in [-0.05, 0) is 46.1 Å². The van der Waals surface area contributed by atoms with Crippen LogP contribution in [-0.4, -0.2) is 13.4 Å². The Kier molecular flexibility index (Phi) is 4.98. The molecule has 21 heavy (non-hydrogen) atoms. The lowest BCUT2D eigenvalue weighted by Crippen LogP contribution is -2.24. The van der Waals surface area contributed by atoms with Crippen molar-refractivity contribution in [3.8, 4) is 0 Å². The van der Waals surface area contributed by atoms with E-state index in [2.05, 4.69) is 25.6 Å². The summed E-state index contributed by atoms with van der Waals surface area (Å²) in [7, 11) is -3.83. The Morgan fingerprint density at radius 1 is 1.38 bits per heavy atom. The fraction of sp³-hybridized carbons (Fsp3) is 0.154. The third kappa shape index (κ3) is 4.00. The normalized spacial score (nSPS) is 11.6. The fourth-order valence-electron chi connectivity index (χ4n) is 1.59. The van der Waals surface area contributed by atoms with Crippen molar-refractivity contribution >= 4 is 37.6 Å². The molecule has 0 aliphatic carbocycles. The van der Waals surface area contributed by atoms with Crippen molar-refractivity contribution in [2.24, 2.45) is 0 Å². The molecule has 0 saturated carbocycles. The summed E-state index contributed by atoms with van der Waals surface area (Å²) in [6.45, 7) is 1.60. The number of nitrogens with one attached hydrogen (secondary N) is 1. The van der Waals surface area contributed by atoms with Gasteiger partial charge in [-0.15, -0.1) is 0 Å². The van der Waals surface area contributed by atoms with E-state index in [1.807, 2.05) is 0 Å². The predicted molar refractivity (Wildman–Crippen MR) is 82.1 cm³/mol. The molecule has 1 heterocycles. The molecule has 0 amide bonds. The van der Waals surface area contributed by atoms with E-state index in [-0.39, 0.29) is 22.4 Å². The zero-order valence-corrected chi connectivity index (χ0v) is 14.1. The Hall–Kier alpha value is -1.02. The summed E-state index contributed by atoms with van der Waals surface area (Å²) < 4.78 is 40.6. The lowest BCUT2D eigenvalue weighted by molar-refractivity contribution is 0.579. The van der Waals surface area contributed by atoms with Crippen LogP contribution in [0.1, 0.15) is 11.1 Å². The molecule has 1 N–H and O–H groups in total. The molecule has 2 aromatic rings. The van der Waals surface area contributed by atoms with Crippen LogP contribution in [0.5, 0.6) is 0 Å². The van der Waals surface area contributed by atoms with Crippen molar-refractivity contribution in [2.75, 3.05) is 0 Å². The third-order valence-corrected chi connectivity index (χ3v) is 5.03. The minimum Gasteiger partial charge on any atom is -0.242 e. The Bertz CT molecular complexity index is 784. The highest BCUT2D eigenvalue weighted by molar-refractivity contribution is 9.10. The SMILES string of the molecule is Cc1ccc(CNS(=O)(=O)c2cc(Br)cnc2Cl)cc1F. The maximum atomic E-state index is 13.4. The summed E-state index contributed by atoms with van der Waals surface area (Å²) in [4.78, 5) is 3.63. The van der Waals surface area contributed by atoms with Crippen molar-refractivity contribution in [3.63, 3.8) is 0 Å². The molecule has 0 radical (unpaired) electrons. The number of benzene rings is 1. The Balaban J connectivity index is 2.21. The smallest absolute Gasteiger partial charge is 0.242 e. The number of halogens is 3. The molecule has 1 aromatic carbocycles. The number of aryl methyl sites for hydroxylation is 1. The summed E-state index contributed by atoms with van der Waals surface area (Å²) >= 11 is 8.94. The van der Waals surface area contributed by atoms with Crippen LogP contribution in [0.25, 0.3) is 0 Å². The number of rotatable bonds is 4. The van der Waals surface area contributed by atoms with Gasteiger partial charge in [-0.3, -0.25) is 0 Å². The summed E-state index contributed by atoms with van der Waals surface area (Å²) in [6, 6.07) is 5.89. The first-order valence-electron chi connectivity index (χ1n) is 5.85. The topological polar surface area (TPSA) is 59.1 Å². The maximum absolute atomic E-state index is 13.4. The van der Waals surface area contributed by atoms with Crippen LogP contribution in [0.3, 0.4) is 0 Å². The summed E-state index contributed by atoms with van der Waals surface area (Å²) in [5.74, 6) is -0.381. The van der Waals surface area contributed by atoms with Gasteiger partial charge in [0.15, 0.2) is 0 Å². The molecular formula is C13H11BrClFN2O2S. The lowest BCUT2D eigenvalue weighted by atomic mass is 10.1. The van der Waals surface area contributed by atoms with Gasteiger partial charge >= 0.3 is 0 Å². The molecule has 0 bridgehead atoms. The second kappa shape index (κ2) is 6.39. The highest BCUT2D eigenvalue weighted by atomic mass is 79.9. The molecule has 112 valence electrons. The molecule has 0 saturated heterocycles. The van der Waals surface area contributed by atoms with Crippen molar-refractivity contribution in [2.45, 2.75) is 18.4 Å². The Morgan fingerprint density at radius 3 is 2.76 bits per heavy atom. The average molecular weight is 394 g/mol. The average Bonchev–Trinajstić information content (AvgIpc) is 2.43. The number of nitrogens with zero attached hydrogens (tertiary/aromatic N) is 1. The van der Waals surface area contributed by atoms with Crippen LogP contribution >= 0.6 is 27.5 Å². The molecule has 8 heteroatoms. The van der Waals surface area contributed by atoms with Gasteiger partial charge in [0.1, 0.15) is 15.9 Å². The zero-order chi connectivity index (χ0) is 15.6. The van der Waals surface area contributed by atoms with E-state index in [0.717, 1.165) is 0 Å². The molecule has 0 unspecified atom stereocenters. The standard InChI is InChI=1S/C13H11BrClFN2O2S/c1-8-2-3-9(4-11(8)16)6-18-21(19,20)12-5-10(14)7-17-13(12)15/h2-5,7,18H,6H2,1H3. The van der Waals surface area contributed by atoms with Crippen LogP contribution in [0.4, 0.5) is 4.39 Å². The number of hydrogen-bond acceptors (Lipinski definition) is 3. The number of pyridine rings is 1. The van der Waals surface area contributed by atoms with E-state index in [0.29, 0.717) is 15.6 Å². The van der Waals surface area contributed by atoms with Gasteiger partial charge in [0.2, 0.25) is 10.0 Å². The molecule has 0 spiro atoms. The molecule has 4 nitrogen and oxygen atoms in total. The van der Waals surface area contributed by atoms with E-state index in [9.17, 15) is 12.8 Å². The monoisotopic (exact) mass is 392 g/mol. The fourth-order valence-corrected chi connectivity index (χ4v) is 3.55. The first-order valence-corrected chi connectivity index (χ1v) is 8.51. The van der Waals surface area contributed by atoms with E-state index in [1.165, 1.54) is 18.3 Å². The van der Waals surface area contributed by atoms with Crippen LogP contribution in [0.15, 0.2) is 39.8 Å². The largest absolute Gasteiger partial charge is 0.243 e. The highest BCUT2D eigenvalue weighted by Gasteiger charge is 2.19. The molecule has 1 aromatic heterocycles. The van der Waals surface area contributed by atoms with Crippen LogP contribution < -0.4 is 4.72 Å². The number of aromatic nitrogens is 1. The van der Waals surface area contributed by atoms with Gasteiger partial charge in [0.25, 0.3) is 0 Å². The predicted octanol–water partition coefficient (Wildman–Crippen LogP) is 3.42. The van der Waals surface area contributed by atoms with Crippen molar-refractivity contribution in [3.05, 3.63) is 57.0 Å². The summed E-state index contributed by atoms with van der Waals surface area (Å²) in [5, 5.41) is -0.124. The molecule has 0 atom stereocenters. The van der Waals surface area contributed by atoms with Crippen molar-refractivity contribution in [1.29, 1.82) is 0 Å². The number of hydrogen-bond donors (Lipinski definition) is 1. The summed E-state index contributed by atoms with van der Waals surface area (Å²) in [5.41, 5.74) is 1.02. The molecule has 2 rings (SSSR count). The zero-order valence-electron chi connectivity index (χ0n) is 10.9. The van der Waals surface area contributed by atoms with E-state index in [4.69, 9.17) is 11.6 Å². The molecule has 0 fully saturated rings. The third-order valence-electron chi connectivity index (χ3n) is 2.77. The van der Waals surface area contributed by atoms with Crippen molar-refractivity contribution in [1.82, 2.24) is 9.71 Å². The van der Waals surface area contributed by atoms with E-state index < -0.39 is 10.0 Å². The van der Waals surface area contributed by atoms with Crippen LogP contribution in [0.2, 0.25) is 5.15 Å². The quantitative estimate of drug-likeness (QED) is 0.810. The molecule has 0 aliphatic rings. The van der Waals surface area contributed by atoms with Gasteiger partial charge < -0.3 is 0 Å². The maximum Gasteiger partial charge on any atom is 0.243 e. The van der Waals surface area contributed by atoms with Gasteiger partial charge in [0.05, 0.1) is 0 Å². The minimum absolute atomic E-state index is 0.0393. The van der Waals surface area contributed by atoms with Gasteiger partial charge in [-0.1, -0.05) is 23.7 Å². The first kappa shape index (κ1) is 16.4. The molecule has 0 aliphatic heterocycles. The lowest BCUT2D eigenvalue weighted by Gasteiger charge is -2.09. The summed E-state index contributed by atoms with van der Waals surface area (Å²) in [6.07, 6.45) is 1.40. The minimum atomic E-state index is -3.83. The van der Waals surface area contributed by atoms with E-state index in [1.54, 1.807) is 19.1 Å². The van der Waals surface area contributed by atoms with Gasteiger partial charge in [-0.2, -0.15) is 0 Å². The Morgan fingerprint density at radius 2 is 2.10 bits per heavy atom. The van der Waals surface area contributed by atoms with Crippen molar-refractivity contribution < 1.29 is 12.8 Å². The van der Waals surface area contributed by atoms with Gasteiger partial charge in [0, 0.05) is 17.2 Å². The second-order valence-electron chi connectivity index (χ2n) is 4.35.